The van der Waals surface area contributed by atoms with Gasteiger partial charge in [0.25, 0.3) is 0 Å². The fourth-order valence-corrected chi connectivity index (χ4v) is 3.72. The number of guanidine groups is 1. The topological polar surface area (TPSA) is 79.1 Å². The minimum Gasteiger partial charge on any atom is -0.379 e. The van der Waals surface area contributed by atoms with Crippen molar-refractivity contribution in [3.05, 3.63) is 30.2 Å². The molecule has 1 fully saturated rings. The Morgan fingerprint density at radius 2 is 2.03 bits per heavy atom. The van der Waals surface area contributed by atoms with Crippen molar-refractivity contribution >= 4 is 11.6 Å². The first-order valence-corrected chi connectivity index (χ1v) is 10.8. The first-order chi connectivity index (χ1) is 14.2. The summed E-state index contributed by atoms with van der Waals surface area (Å²) < 4.78 is 7.55. The van der Waals surface area contributed by atoms with Crippen molar-refractivity contribution in [1.82, 2.24) is 30.1 Å². The van der Waals surface area contributed by atoms with Crippen molar-refractivity contribution in [2.75, 3.05) is 45.9 Å². The van der Waals surface area contributed by atoms with Gasteiger partial charge in [-0.15, -0.1) is 10.2 Å². The van der Waals surface area contributed by atoms with E-state index in [1.807, 2.05) is 28.8 Å². The standard InChI is InChI=1S/C21H35N7O/c1-4-22-21(23-9-8-20-26-25-19-7-5-6-10-28(19)20)24-16-18(15-17(2)3)27-11-13-29-14-12-27/h5-7,10,17-18H,4,8-9,11-16H2,1-3H3,(H2,22,23,24). The Morgan fingerprint density at radius 1 is 1.21 bits per heavy atom. The van der Waals surface area contributed by atoms with Crippen LogP contribution in [0.4, 0.5) is 0 Å². The van der Waals surface area contributed by atoms with Gasteiger partial charge in [0.05, 0.1) is 19.8 Å². The van der Waals surface area contributed by atoms with Crippen molar-refractivity contribution in [2.24, 2.45) is 10.9 Å². The number of nitrogens with one attached hydrogen (secondary N) is 2. The number of fused-ring (bicyclic) bond motifs is 1. The number of rotatable bonds is 9. The van der Waals surface area contributed by atoms with E-state index in [4.69, 9.17) is 9.73 Å². The van der Waals surface area contributed by atoms with E-state index in [2.05, 4.69) is 46.5 Å². The number of morpholine rings is 1. The summed E-state index contributed by atoms with van der Waals surface area (Å²) in [6, 6.07) is 6.40. The Balaban J connectivity index is 1.57. The Morgan fingerprint density at radius 3 is 2.79 bits per heavy atom. The molecular weight excluding hydrogens is 366 g/mol. The minimum absolute atomic E-state index is 0.454. The molecule has 0 bridgehead atoms. The van der Waals surface area contributed by atoms with Crippen molar-refractivity contribution < 1.29 is 4.74 Å². The molecule has 2 N–H and O–H groups in total. The molecule has 160 valence electrons. The van der Waals surface area contributed by atoms with Crippen molar-refractivity contribution in [3.8, 4) is 0 Å². The molecule has 8 heteroatoms. The maximum Gasteiger partial charge on any atom is 0.191 e. The van der Waals surface area contributed by atoms with Crippen LogP contribution in [0, 0.1) is 5.92 Å². The lowest BCUT2D eigenvalue weighted by atomic mass is 10.0. The first-order valence-electron chi connectivity index (χ1n) is 10.8. The third-order valence-electron chi connectivity index (χ3n) is 5.14. The van der Waals surface area contributed by atoms with Gasteiger partial charge < -0.3 is 15.4 Å². The second-order valence-corrected chi connectivity index (χ2v) is 7.87. The van der Waals surface area contributed by atoms with Crippen LogP contribution in [0.3, 0.4) is 0 Å². The van der Waals surface area contributed by atoms with Crippen LogP contribution in [-0.4, -0.2) is 77.4 Å². The molecular formula is C21H35N7O. The van der Waals surface area contributed by atoms with Gasteiger partial charge in [0.1, 0.15) is 5.82 Å². The lowest BCUT2D eigenvalue weighted by Gasteiger charge is -2.34. The van der Waals surface area contributed by atoms with Crippen LogP contribution in [-0.2, 0) is 11.2 Å². The summed E-state index contributed by atoms with van der Waals surface area (Å²) in [4.78, 5) is 7.42. The maximum atomic E-state index is 5.52. The number of hydrogen-bond acceptors (Lipinski definition) is 5. The quantitative estimate of drug-likeness (QED) is 0.491. The van der Waals surface area contributed by atoms with Crippen LogP contribution >= 0.6 is 0 Å². The molecule has 3 rings (SSSR count). The monoisotopic (exact) mass is 401 g/mol. The highest BCUT2D eigenvalue weighted by atomic mass is 16.5. The van der Waals surface area contributed by atoms with Gasteiger partial charge >= 0.3 is 0 Å². The normalized spacial score (nSPS) is 17.0. The lowest BCUT2D eigenvalue weighted by molar-refractivity contribution is 0.0143. The second kappa shape index (κ2) is 11.1. The Kier molecular flexibility index (Phi) is 8.25. The van der Waals surface area contributed by atoms with E-state index in [0.717, 1.165) is 76.2 Å². The molecule has 1 unspecified atom stereocenters. The summed E-state index contributed by atoms with van der Waals surface area (Å²) in [5, 5.41) is 15.3. The average Bonchev–Trinajstić information content (AvgIpc) is 3.14. The summed E-state index contributed by atoms with van der Waals surface area (Å²) in [7, 11) is 0. The van der Waals surface area contributed by atoms with Gasteiger partial charge in [-0.1, -0.05) is 19.9 Å². The predicted octanol–water partition coefficient (Wildman–Crippen LogP) is 1.57. The van der Waals surface area contributed by atoms with E-state index in [1.54, 1.807) is 0 Å². The number of ether oxygens (including phenoxy) is 1. The highest BCUT2D eigenvalue weighted by molar-refractivity contribution is 5.79. The SMILES string of the molecule is CCNC(=NCC(CC(C)C)N1CCOCC1)NCCc1nnc2ccccn12. The zero-order chi connectivity index (χ0) is 20.5. The fourth-order valence-electron chi connectivity index (χ4n) is 3.72. The molecule has 8 nitrogen and oxygen atoms in total. The zero-order valence-electron chi connectivity index (χ0n) is 18.0. The zero-order valence-corrected chi connectivity index (χ0v) is 18.0. The molecule has 3 heterocycles. The molecule has 0 spiro atoms. The number of pyridine rings is 1. The summed E-state index contributed by atoms with van der Waals surface area (Å²) >= 11 is 0. The molecule has 0 amide bonds. The molecule has 1 atom stereocenters. The fraction of sp³-hybridized carbons (Fsp3) is 0.667. The van der Waals surface area contributed by atoms with E-state index in [0.29, 0.717) is 12.0 Å². The van der Waals surface area contributed by atoms with Gasteiger partial charge in [0, 0.05) is 44.8 Å². The Bertz CT molecular complexity index is 767. The highest BCUT2D eigenvalue weighted by Gasteiger charge is 2.21. The molecule has 2 aromatic heterocycles. The number of aromatic nitrogens is 3. The number of nitrogens with zero attached hydrogens (tertiary/aromatic N) is 5. The van der Waals surface area contributed by atoms with E-state index in [-0.39, 0.29) is 0 Å². The Hall–Kier alpha value is -2.19. The van der Waals surface area contributed by atoms with Crippen LogP contribution in [0.2, 0.25) is 0 Å². The van der Waals surface area contributed by atoms with Crippen molar-refractivity contribution in [3.63, 3.8) is 0 Å². The molecule has 29 heavy (non-hydrogen) atoms. The molecule has 0 saturated carbocycles. The summed E-state index contributed by atoms with van der Waals surface area (Å²) in [6.07, 6.45) is 3.94. The predicted molar refractivity (Wildman–Crippen MR) is 116 cm³/mol. The third kappa shape index (κ3) is 6.40. The molecule has 1 aliphatic rings. The number of aliphatic imine (C=N–C) groups is 1. The van der Waals surface area contributed by atoms with Gasteiger partial charge in [-0.2, -0.15) is 0 Å². The molecule has 0 aromatic carbocycles. The molecule has 0 radical (unpaired) electrons. The molecule has 1 saturated heterocycles. The van der Waals surface area contributed by atoms with Gasteiger partial charge in [-0.05, 0) is 31.4 Å². The molecule has 1 aliphatic heterocycles. The molecule has 0 aliphatic carbocycles. The summed E-state index contributed by atoms with van der Waals surface area (Å²) in [5.41, 5.74) is 0.880. The lowest BCUT2D eigenvalue weighted by Crippen LogP contribution is -2.46. The highest BCUT2D eigenvalue weighted by Crippen LogP contribution is 2.14. The van der Waals surface area contributed by atoms with Crippen molar-refractivity contribution in [1.29, 1.82) is 0 Å². The minimum atomic E-state index is 0.454. The smallest absolute Gasteiger partial charge is 0.191 e. The van der Waals surface area contributed by atoms with Crippen LogP contribution < -0.4 is 10.6 Å². The second-order valence-electron chi connectivity index (χ2n) is 7.87. The number of hydrogen-bond donors (Lipinski definition) is 2. The molecule has 2 aromatic rings. The van der Waals surface area contributed by atoms with Gasteiger partial charge in [-0.3, -0.25) is 14.3 Å². The van der Waals surface area contributed by atoms with E-state index >= 15 is 0 Å². The summed E-state index contributed by atoms with van der Waals surface area (Å²) in [6.45, 7) is 12.7. The van der Waals surface area contributed by atoms with Crippen molar-refractivity contribution in [2.45, 2.75) is 39.7 Å². The first kappa shape index (κ1) is 21.5. The van der Waals surface area contributed by atoms with Gasteiger partial charge in [0.15, 0.2) is 11.6 Å². The third-order valence-corrected chi connectivity index (χ3v) is 5.14. The van der Waals surface area contributed by atoms with Crippen LogP contribution in [0.5, 0.6) is 0 Å². The van der Waals surface area contributed by atoms with Crippen LogP contribution in [0.1, 0.15) is 33.0 Å². The van der Waals surface area contributed by atoms with Crippen LogP contribution in [0.25, 0.3) is 5.65 Å². The van der Waals surface area contributed by atoms with E-state index in [1.165, 1.54) is 0 Å². The average molecular weight is 402 g/mol. The maximum absolute atomic E-state index is 5.52. The van der Waals surface area contributed by atoms with E-state index < -0.39 is 0 Å². The van der Waals surface area contributed by atoms with Crippen LogP contribution in [0.15, 0.2) is 29.4 Å². The van der Waals surface area contributed by atoms with E-state index in [9.17, 15) is 0 Å². The van der Waals surface area contributed by atoms with Gasteiger partial charge in [-0.25, -0.2) is 0 Å². The van der Waals surface area contributed by atoms with Gasteiger partial charge in [0.2, 0.25) is 0 Å². The largest absolute Gasteiger partial charge is 0.379 e. The summed E-state index contributed by atoms with van der Waals surface area (Å²) in [5.74, 6) is 2.47. The Labute approximate surface area is 173 Å².